The van der Waals surface area contributed by atoms with Crippen molar-refractivity contribution >= 4 is 15.7 Å². The van der Waals surface area contributed by atoms with Gasteiger partial charge in [0.1, 0.15) is 0 Å². The Kier molecular flexibility index (Phi) is 5.92. The molecule has 0 amide bonds. The first-order chi connectivity index (χ1) is 12.6. The average Bonchev–Trinajstić information content (AvgIpc) is 2.97. The van der Waals surface area contributed by atoms with Gasteiger partial charge in [0, 0.05) is 25.3 Å². The molecule has 26 heavy (non-hydrogen) atoms. The minimum Gasteiger partial charge on any atom is -0.381 e. The maximum absolute atomic E-state index is 12.8. The fourth-order valence-electron chi connectivity index (χ4n) is 3.13. The highest BCUT2D eigenvalue weighted by molar-refractivity contribution is 7.89. The van der Waals surface area contributed by atoms with Crippen molar-refractivity contribution in [2.24, 2.45) is 0 Å². The van der Waals surface area contributed by atoms with E-state index in [0.717, 1.165) is 36.9 Å². The largest absolute Gasteiger partial charge is 0.381 e. The smallest absolute Gasteiger partial charge is 0.243 e. The number of rotatable bonds is 5. The summed E-state index contributed by atoms with van der Waals surface area (Å²) in [7, 11) is -3.41. The Morgan fingerprint density at radius 2 is 1.69 bits per heavy atom. The maximum atomic E-state index is 12.8. The van der Waals surface area contributed by atoms with Crippen LogP contribution in [0.15, 0.2) is 53.4 Å². The molecule has 1 aliphatic rings. The Balaban J connectivity index is 1.66. The molecule has 0 saturated carbocycles. The van der Waals surface area contributed by atoms with Crippen molar-refractivity contribution in [3.05, 3.63) is 59.7 Å². The molecule has 1 fully saturated rings. The lowest BCUT2D eigenvalue weighted by Crippen LogP contribution is -2.31. The van der Waals surface area contributed by atoms with E-state index in [-0.39, 0.29) is 0 Å². The van der Waals surface area contributed by atoms with E-state index in [1.54, 1.807) is 34.6 Å². The molecule has 0 aliphatic carbocycles. The van der Waals surface area contributed by atoms with E-state index >= 15 is 0 Å². The van der Waals surface area contributed by atoms with E-state index < -0.39 is 10.0 Å². The number of nitrogens with zero attached hydrogens (tertiary/aromatic N) is 2. The van der Waals surface area contributed by atoms with Crippen molar-refractivity contribution in [1.82, 2.24) is 4.31 Å². The van der Waals surface area contributed by atoms with Gasteiger partial charge in [-0.3, -0.25) is 0 Å². The Morgan fingerprint density at radius 3 is 2.35 bits per heavy atom. The lowest BCUT2D eigenvalue weighted by atomic mass is 10.1. The van der Waals surface area contributed by atoms with Crippen LogP contribution in [0.3, 0.4) is 0 Å². The fraction of sp³-hybridized carbons (Fsp3) is 0.350. The van der Waals surface area contributed by atoms with Crippen molar-refractivity contribution in [3.8, 4) is 6.07 Å². The summed E-state index contributed by atoms with van der Waals surface area (Å²) in [4.78, 5) is 0.344. The van der Waals surface area contributed by atoms with Crippen molar-refractivity contribution in [2.45, 2.75) is 37.1 Å². The number of hydrogen-bond donors (Lipinski definition) is 1. The van der Waals surface area contributed by atoms with Gasteiger partial charge >= 0.3 is 0 Å². The molecule has 1 N–H and O–H groups in total. The first kappa shape index (κ1) is 18.4. The van der Waals surface area contributed by atoms with Gasteiger partial charge in [-0.2, -0.15) is 9.57 Å². The molecule has 1 aliphatic heterocycles. The van der Waals surface area contributed by atoms with Crippen LogP contribution in [0, 0.1) is 11.3 Å². The molecule has 0 atom stereocenters. The summed E-state index contributed by atoms with van der Waals surface area (Å²) in [6.45, 7) is 1.79. The van der Waals surface area contributed by atoms with Gasteiger partial charge in [0.2, 0.25) is 10.0 Å². The third-order valence-electron chi connectivity index (χ3n) is 4.61. The second-order valence-corrected chi connectivity index (χ2v) is 8.45. The van der Waals surface area contributed by atoms with Crippen LogP contribution < -0.4 is 5.32 Å². The van der Waals surface area contributed by atoms with E-state index in [1.807, 2.05) is 18.2 Å². The van der Waals surface area contributed by atoms with Gasteiger partial charge in [-0.1, -0.05) is 25.0 Å². The quantitative estimate of drug-likeness (QED) is 0.871. The molecule has 1 saturated heterocycles. The van der Waals surface area contributed by atoms with E-state index in [4.69, 9.17) is 5.26 Å². The minimum atomic E-state index is -3.41. The predicted octanol–water partition coefficient (Wildman–Crippen LogP) is 3.74. The summed E-state index contributed by atoms with van der Waals surface area (Å²) in [6, 6.07) is 16.4. The lowest BCUT2D eigenvalue weighted by molar-refractivity contribution is 0.424. The third kappa shape index (κ3) is 4.43. The lowest BCUT2D eigenvalue weighted by Gasteiger charge is -2.20. The van der Waals surface area contributed by atoms with Crippen molar-refractivity contribution in [2.75, 3.05) is 18.4 Å². The first-order valence-electron chi connectivity index (χ1n) is 8.93. The van der Waals surface area contributed by atoms with Gasteiger partial charge in [0.25, 0.3) is 0 Å². The Hall–Kier alpha value is -2.36. The zero-order valence-electron chi connectivity index (χ0n) is 14.7. The standard InChI is InChI=1S/C20H23N3O2S/c21-15-17-6-5-7-18(14-17)16-22-19-8-10-20(11-9-19)26(24,25)23-12-3-1-2-4-13-23/h5-11,14,22H,1-4,12-13,16H2. The van der Waals surface area contributed by atoms with Crippen LogP contribution in [0.4, 0.5) is 5.69 Å². The van der Waals surface area contributed by atoms with Gasteiger partial charge in [-0.05, 0) is 54.8 Å². The van der Waals surface area contributed by atoms with Gasteiger partial charge in [0.15, 0.2) is 0 Å². The van der Waals surface area contributed by atoms with Crippen molar-refractivity contribution in [1.29, 1.82) is 5.26 Å². The molecular weight excluding hydrogens is 346 g/mol. The summed E-state index contributed by atoms with van der Waals surface area (Å²) < 4.78 is 27.2. The zero-order chi connectivity index (χ0) is 18.4. The van der Waals surface area contributed by atoms with Crippen LogP contribution in [-0.2, 0) is 16.6 Å². The van der Waals surface area contributed by atoms with Gasteiger partial charge < -0.3 is 5.32 Å². The van der Waals surface area contributed by atoms with Crippen LogP contribution in [0.25, 0.3) is 0 Å². The second-order valence-electron chi connectivity index (χ2n) is 6.51. The summed E-state index contributed by atoms with van der Waals surface area (Å²) >= 11 is 0. The molecular formula is C20H23N3O2S. The van der Waals surface area contributed by atoms with E-state index in [1.165, 1.54) is 0 Å². The Labute approximate surface area is 155 Å². The summed E-state index contributed by atoms with van der Waals surface area (Å²) in [6.07, 6.45) is 4.06. The fourth-order valence-corrected chi connectivity index (χ4v) is 4.65. The molecule has 0 radical (unpaired) electrons. The highest BCUT2D eigenvalue weighted by Gasteiger charge is 2.24. The number of nitriles is 1. The predicted molar refractivity (Wildman–Crippen MR) is 102 cm³/mol. The van der Waals surface area contributed by atoms with E-state index in [0.29, 0.717) is 30.1 Å². The normalized spacial score (nSPS) is 15.8. The summed E-state index contributed by atoms with van der Waals surface area (Å²) in [5.41, 5.74) is 2.48. The third-order valence-corrected chi connectivity index (χ3v) is 6.52. The van der Waals surface area contributed by atoms with E-state index in [9.17, 15) is 8.42 Å². The first-order valence-corrected chi connectivity index (χ1v) is 10.4. The van der Waals surface area contributed by atoms with Crippen LogP contribution in [-0.4, -0.2) is 25.8 Å². The SMILES string of the molecule is N#Cc1cccc(CNc2ccc(S(=O)(=O)N3CCCCCC3)cc2)c1. The second kappa shape index (κ2) is 8.35. The maximum Gasteiger partial charge on any atom is 0.243 e. The van der Waals surface area contributed by atoms with Gasteiger partial charge in [-0.15, -0.1) is 0 Å². The van der Waals surface area contributed by atoms with Gasteiger partial charge in [0.05, 0.1) is 16.5 Å². The topological polar surface area (TPSA) is 73.2 Å². The number of benzene rings is 2. The summed E-state index contributed by atoms with van der Waals surface area (Å²) in [5.74, 6) is 0. The molecule has 0 spiro atoms. The number of sulfonamides is 1. The van der Waals surface area contributed by atoms with Crippen LogP contribution in [0.5, 0.6) is 0 Å². The monoisotopic (exact) mass is 369 g/mol. The van der Waals surface area contributed by atoms with Crippen LogP contribution >= 0.6 is 0 Å². The molecule has 0 aromatic heterocycles. The molecule has 5 nitrogen and oxygen atoms in total. The highest BCUT2D eigenvalue weighted by Crippen LogP contribution is 2.22. The molecule has 1 heterocycles. The number of hydrogen-bond acceptors (Lipinski definition) is 4. The number of anilines is 1. The van der Waals surface area contributed by atoms with Gasteiger partial charge in [-0.25, -0.2) is 8.42 Å². The average molecular weight is 369 g/mol. The molecule has 0 bridgehead atoms. The molecule has 0 unspecified atom stereocenters. The zero-order valence-corrected chi connectivity index (χ0v) is 15.5. The molecule has 3 rings (SSSR count). The van der Waals surface area contributed by atoms with Crippen molar-refractivity contribution < 1.29 is 8.42 Å². The Bertz CT molecular complexity index is 878. The molecule has 6 heteroatoms. The van der Waals surface area contributed by atoms with Crippen LogP contribution in [0.1, 0.15) is 36.8 Å². The minimum absolute atomic E-state index is 0.344. The highest BCUT2D eigenvalue weighted by atomic mass is 32.2. The Morgan fingerprint density at radius 1 is 1.00 bits per heavy atom. The number of nitrogens with one attached hydrogen (secondary N) is 1. The molecule has 2 aromatic rings. The van der Waals surface area contributed by atoms with E-state index in [2.05, 4.69) is 11.4 Å². The molecule has 2 aromatic carbocycles. The summed E-state index contributed by atoms with van der Waals surface area (Å²) in [5, 5.41) is 12.2. The molecule has 136 valence electrons. The van der Waals surface area contributed by atoms with Crippen LogP contribution in [0.2, 0.25) is 0 Å². The van der Waals surface area contributed by atoms with Crippen molar-refractivity contribution in [3.63, 3.8) is 0 Å².